The third-order valence-electron chi connectivity index (χ3n) is 7.25. The van der Waals surface area contributed by atoms with Crippen molar-refractivity contribution in [3.8, 4) is 11.8 Å². The Morgan fingerprint density at radius 1 is 1.35 bits per heavy atom. The lowest BCUT2D eigenvalue weighted by atomic mass is 9.48. The molecule has 0 saturated heterocycles. The Morgan fingerprint density at radius 2 is 2.00 bits per heavy atom. The Bertz CT molecular complexity index is 936. The Balaban J connectivity index is 1.56. The molecule has 3 unspecified atom stereocenters. The van der Waals surface area contributed by atoms with Gasteiger partial charge < -0.3 is 15.6 Å². The molecule has 4 fully saturated rings. The molecule has 4 saturated carbocycles. The molecule has 0 spiro atoms. The summed E-state index contributed by atoms with van der Waals surface area (Å²) in [6.07, 6.45) is 8.48. The van der Waals surface area contributed by atoms with Crippen LogP contribution < -0.4 is 10.5 Å². The molecule has 0 aromatic heterocycles. The maximum absolute atomic E-state index is 11.1. The van der Waals surface area contributed by atoms with E-state index in [9.17, 15) is 10.1 Å². The number of amidine groups is 1. The Labute approximate surface area is 187 Å². The summed E-state index contributed by atoms with van der Waals surface area (Å²) in [5.41, 5.74) is 5.43. The van der Waals surface area contributed by atoms with Crippen LogP contribution in [0, 0.1) is 34.5 Å². The van der Waals surface area contributed by atoms with Crippen LogP contribution in [0.2, 0.25) is 5.02 Å². The fourth-order valence-electron chi connectivity index (χ4n) is 6.11. The van der Waals surface area contributed by atoms with E-state index in [2.05, 4.69) is 6.07 Å². The zero-order chi connectivity index (χ0) is 22.2. The molecular weight excluding hydrogens is 414 g/mol. The van der Waals surface area contributed by atoms with Gasteiger partial charge in [-0.05, 0) is 86.5 Å². The number of halogens is 1. The minimum absolute atomic E-state index is 0.0224. The number of allylic oxidation sites excluding steroid dienone is 1. The number of carboxylic acid groups (broad SMARTS) is 1. The summed E-state index contributed by atoms with van der Waals surface area (Å²) in [7, 11) is 0. The third-order valence-corrected chi connectivity index (χ3v) is 7.51. The van der Waals surface area contributed by atoms with E-state index in [4.69, 9.17) is 32.2 Å². The lowest BCUT2D eigenvalue weighted by Gasteiger charge is -2.58. The molecule has 4 bridgehead atoms. The standard InChI is InChI=1S/C24H28ClN3O3/c1-23(8-9-26,31-19-4-2-18(25)3-5-19)22(27)28-21-16-10-15-11-17(21)14-24(12-15,13-16)7-6-20(29)30/h2-7,15-17,21H,8,10-14H2,1H3,(H2,27,28)(H,29,30). The highest BCUT2D eigenvalue weighted by atomic mass is 35.5. The number of hydrogen-bond acceptors (Lipinski definition) is 4. The molecule has 3 atom stereocenters. The van der Waals surface area contributed by atoms with Gasteiger partial charge in [-0.15, -0.1) is 0 Å². The van der Waals surface area contributed by atoms with Crippen molar-refractivity contribution in [3.63, 3.8) is 0 Å². The van der Waals surface area contributed by atoms with E-state index in [0.717, 1.165) is 32.1 Å². The van der Waals surface area contributed by atoms with Crippen molar-refractivity contribution >= 4 is 23.4 Å². The topological polar surface area (TPSA) is 109 Å². The Kier molecular flexibility index (Phi) is 5.74. The smallest absolute Gasteiger partial charge is 0.327 e. The van der Waals surface area contributed by atoms with Crippen molar-refractivity contribution in [2.24, 2.45) is 33.9 Å². The van der Waals surface area contributed by atoms with E-state index in [1.54, 1.807) is 31.2 Å². The molecule has 4 aliphatic rings. The number of hydrogen-bond donors (Lipinski definition) is 2. The summed E-state index contributed by atoms with van der Waals surface area (Å²) >= 11 is 5.96. The number of nitrogens with two attached hydrogens (primary N) is 1. The van der Waals surface area contributed by atoms with Crippen LogP contribution in [0.15, 0.2) is 41.4 Å². The second kappa shape index (κ2) is 8.20. The Morgan fingerprint density at radius 3 is 2.58 bits per heavy atom. The van der Waals surface area contributed by atoms with Crippen LogP contribution in [-0.4, -0.2) is 28.6 Å². The average Bonchev–Trinajstić information content (AvgIpc) is 2.70. The monoisotopic (exact) mass is 441 g/mol. The van der Waals surface area contributed by atoms with Gasteiger partial charge in [0.05, 0.1) is 18.5 Å². The minimum Gasteiger partial charge on any atom is -0.479 e. The van der Waals surface area contributed by atoms with E-state index in [-0.39, 0.29) is 17.9 Å². The maximum Gasteiger partial charge on any atom is 0.327 e. The van der Waals surface area contributed by atoms with Crippen LogP contribution in [0.25, 0.3) is 0 Å². The number of carboxylic acids is 1. The molecule has 5 rings (SSSR count). The first-order chi connectivity index (χ1) is 14.7. The van der Waals surface area contributed by atoms with Crippen molar-refractivity contribution in [2.45, 2.75) is 57.1 Å². The van der Waals surface area contributed by atoms with Crippen molar-refractivity contribution in [1.82, 2.24) is 0 Å². The molecule has 0 radical (unpaired) electrons. The van der Waals surface area contributed by atoms with Gasteiger partial charge in [-0.2, -0.15) is 5.26 Å². The molecule has 0 aliphatic heterocycles. The predicted molar refractivity (Wildman–Crippen MR) is 119 cm³/mol. The van der Waals surface area contributed by atoms with E-state index >= 15 is 0 Å². The van der Waals surface area contributed by atoms with E-state index in [1.807, 2.05) is 6.08 Å². The third kappa shape index (κ3) is 4.43. The molecule has 0 heterocycles. The van der Waals surface area contributed by atoms with Crippen LogP contribution in [0.4, 0.5) is 0 Å². The van der Waals surface area contributed by atoms with Crippen molar-refractivity contribution < 1.29 is 14.6 Å². The van der Waals surface area contributed by atoms with Crippen LogP contribution in [0.5, 0.6) is 5.75 Å². The fraction of sp³-hybridized carbons (Fsp3) is 0.542. The van der Waals surface area contributed by atoms with Crippen molar-refractivity contribution in [3.05, 3.63) is 41.4 Å². The van der Waals surface area contributed by atoms with Gasteiger partial charge in [0.15, 0.2) is 5.60 Å². The summed E-state index contributed by atoms with van der Waals surface area (Å²) in [5.74, 6) is 1.43. The lowest BCUT2D eigenvalue weighted by molar-refractivity contribution is -0.131. The lowest BCUT2D eigenvalue weighted by Crippen LogP contribution is -2.54. The zero-order valence-corrected chi connectivity index (χ0v) is 18.4. The maximum atomic E-state index is 11.1. The number of benzene rings is 1. The molecule has 1 aromatic rings. The van der Waals surface area contributed by atoms with Gasteiger partial charge in [-0.25, -0.2) is 4.79 Å². The zero-order valence-electron chi connectivity index (χ0n) is 17.6. The van der Waals surface area contributed by atoms with E-state index in [1.165, 1.54) is 6.08 Å². The van der Waals surface area contributed by atoms with E-state index in [0.29, 0.717) is 34.4 Å². The SMILES string of the molecule is CC(CC#N)(Oc1ccc(Cl)cc1)C(N)=NC1C2CC3CC1CC(C=CC(=O)O)(C3)C2. The van der Waals surface area contributed by atoms with Gasteiger partial charge in [0.2, 0.25) is 0 Å². The molecule has 1 aromatic carbocycles. The molecule has 6 nitrogen and oxygen atoms in total. The van der Waals surface area contributed by atoms with Gasteiger partial charge >= 0.3 is 5.97 Å². The molecule has 0 amide bonds. The van der Waals surface area contributed by atoms with Gasteiger partial charge in [0, 0.05) is 11.1 Å². The summed E-state index contributed by atoms with van der Waals surface area (Å²) in [5, 5.41) is 19.1. The number of aliphatic carboxylic acids is 1. The van der Waals surface area contributed by atoms with Crippen LogP contribution in [-0.2, 0) is 4.79 Å². The molecule has 164 valence electrons. The molecule has 4 aliphatic carbocycles. The van der Waals surface area contributed by atoms with Crippen LogP contribution >= 0.6 is 11.6 Å². The van der Waals surface area contributed by atoms with E-state index < -0.39 is 11.6 Å². The number of rotatable bonds is 7. The molecule has 3 N–H and O–H groups in total. The normalized spacial score (nSPS) is 33.8. The predicted octanol–water partition coefficient (Wildman–Crippen LogP) is 4.58. The number of nitriles is 1. The number of aliphatic imine (C=N–C) groups is 1. The summed E-state index contributed by atoms with van der Waals surface area (Å²) in [6, 6.07) is 9.25. The highest BCUT2D eigenvalue weighted by Gasteiger charge is 2.54. The minimum atomic E-state index is -1.03. The van der Waals surface area contributed by atoms with Gasteiger partial charge in [0.25, 0.3) is 0 Å². The number of nitrogens with zero attached hydrogens (tertiary/aromatic N) is 2. The van der Waals surface area contributed by atoms with Gasteiger partial charge in [0.1, 0.15) is 11.6 Å². The largest absolute Gasteiger partial charge is 0.479 e. The first kappa shape index (κ1) is 21.7. The number of carbonyl (C=O) groups is 1. The highest BCUT2D eigenvalue weighted by molar-refractivity contribution is 6.30. The first-order valence-electron chi connectivity index (χ1n) is 10.8. The second-order valence-electron chi connectivity index (χ2n) is 9.63. The van der Waals surface area contributed by atoms with Crippen molar-refractivity contribution in [2.75, 3.05) is 0 Å². The van der Waals surface area contributed by atoms with Gasteiger partial charge in [-0.3, -0.25) is 4.99 Å². The molecule has 31 heavy (non-hydrogen) atoms. The van der Waals surface area contributed by atoms with Gasteiger partial charge in [-0.1, -0.05) is 17.7 Å². The number of ether oxygens (including phenoxy) is 1. The molecule has 7 heteroatoms. The second-order valence-corrected chi connectivity index (χ2v) is 10.1. The summed E-state index contributed by atoms with van der Waals surface area (Å²) in [4.78, 5) is 16.0. The van der Waals surface area contributed by atoms with Crippen LogP contribution in [0.3, 0.4) is 0 Å². The van der Waals surface area contributed by atoms with Crippen molar-refractivity contribution in [1.29, 1.82) is 5.26 Å². The first-order valence-corrected chi connectivity index (χ1v) is 11.2. The Hall–Kier alpha value is -2.52. The molecular formula is C24H28ClN3O3. The quantitative estimate of drug-likeness (QED) is 0.365. The highest BCUT2D eigenvalue weighted by Crippen LogP contribution is 2.61. The fourth-order valence-corrected chi connectivity index (χ4v) is 6.24. The van der Waals surface area contributed by atoms with Crippen LogP contribution in [0.1, 0.15) is 45.4 Å². The summed E-state index contributed by atoms with van der Waals surface area (Å²) in [6.45, 7) is 1.80. The summed E-state index contributed by atoms with van der Waals surface area (Å²) < 4.78 is 6.12. The average molecular weight is 442 g/mol.